The molecule has 5 fully saturated rings. The Morgan fingerprint density at radius 3 is 2.56 bits per heavy atom. The number of hydrogen-bond acceptors (Lipinski definition) is 4. The summed E-state index contributed by atoms with van der Waals surface area (Å²) in [5.74, 6) is 3.64. The van der Waals surface area contributed by atoms with Crippen LogP contribution in [0.4, 0.5) is 0 Å². The van der Waals surface area contributed by atoms with Crippen LogP contribution in [0, 0.1) is 46.3 Å². The van der Waals surface area contributed by atoms with Gasteiger partial charge in [-0.3, -0.25) is 9.59 Å². The molecule has 0 unspecified atom stereocenters. The van der Waals surface area contributed by atoms with Crippen LogP contribution in [0.25, 0.3) is 0 Å². The average Bonchev–Trinajstić information content (AvgIpc) is 3.26. The maximum Gasteiger partial charge on any atom is 0.302 e. The Morgan fingerprint density at radius 2 is 1.83 bits per heavy atom. The minimum Gasteiger partial charge on any atom is -0.462 e. The molecule has 5 heteroatoms. The summed E-state index contributed by atoms with van der Waals surface area (Å²) in [5.41, 5.74) is 1.70. The number of ether oxygens (including phenoxy) is 2. The molecule has 2 aliphatic heterocycles. The van der Waals surface area contributed by atoms with Crippen molar-refractivity contribution in [1.82, 2.24) is 4.90 Å². The van der Waals surface area contributed by atoms with Crippen LogP contribution in [-0.4, -0.2) is 41.3 Å². The first-order chi connectivity index (χ1) is 17.0. The van der Waals surface area contributed by atoms with Gasteiger partial charge in [-0.1, -0.05) is 39.3 Å². The zero-order valence-electron chi connectivity index (χ0n) is 23.3. The molecule has 1 spiro atoms. The topological polar surface area (TPSA) is 55.8 Å². The predicted octanol–water partition coefficient (Wildman–Crippen LogP) is 6.12. The summed E-state index contributed by atoms with van der Waals surface area (Å²) in [4.78, 5) is 26.5. The Balaban J connectivity index is 1.26. The quantitative estimate of drug-likeness (QED) is 0.324. The Kier molecular flexibility index (Phi) is 5.76. The van der Waals surface area contributed by atoms with Gasteiger partial charge < -0.3 is 14.4 Å². The van der Waals surface area contributed by atoms with Gasteiger partial charge in [0.25, 0.3) is 0 Å². The van der Waals surface area contributed by atoms with E-state index in [1.54, 1.807) is 12.5 Å². The van der Waals surface area contributed by atoms with Crippen molar-refractivity contribution in [2.45, 2.75) is 117 Å². The van der Waals surface area contributed by atoms with Gasteiger partial charge in [0.2, 0.25) is 5.91 Å². The highest BCUT2D eigenvalue weighted by Gasteiger charge is 2.69. The summed E-state index contributed by atoms with van der Waals surface area (Å²) < 4.78 is 12.7. The monoisotopic (exact) mass is 497 g/mol. The average molecular weight is 498 g/mol. The maximum absolute atomic E-state index is 12.8. The number of likely N-dealkylation sites (tertiary alicyclic amines) is 1. The number of allylic oxidation sites excluding steroid dienone is 1. The number of fused-ring (bicyclic) bond motifs is 7. The number of carbonyl (C=O) groups excluding carboxylic acids is 2. The van der Waals surface area contributed by atoms with Gasteiger partial charge in [-0.2, -0.15) is 0 Å². The third-order valence-electron chi connectivity index (χ3n) is 12.4. The largest absolute Gasteiger partial charge is 0.462 e. The molecule has 0 aromatic rings. The molecule has 3 saturated carbocycles. The molecule has 4 aliphatic carbocycles. The lowest BCUT2D eigenvalue weighted by atomic mass is 9.46. The fourth-order valence-corrected chi connectivity index (χ4v) is 10.8. The van der Waals surface area contributed by atoms with Crippen molar-refractivity contribution in [3.05, 3.63) is 11.6 Å². The molecule has 0 N–H and O–H groups in total. The van der Waals surface area contributed by atoms with Gasteiger partial charge in [-0.25, -0.2) is 0 Å². The van der Waals surface area contributed by atoms with E-state index in [2.05, 4.69) is 38.7 Å². The van der Waals surface area contributed by atoms with Crippen LogP contribution in [0.2, 0.25) is 0 Å². The normalized spacial score (nSPS) is 51.6. The van der Waals surface area contributed by atoms with E-state index in [0.717, 1.165) is 56.9 Å². The second kappa shape index (κ2) is 8.32. The van der Waals surface area contributed by atoms with Crippen molar-refractivity contribution in [3.63, 3.8) is 0 Å². The molecular formula is C31H47NO4. The first-order valence-corrected chi connectivity index (χ1v) is 14.8. The zero-order valence-corrected chi connectivity index (χ0v) is 23.3. The number of carbonyl (C=O) groups is 2. The maximum atomic E-state index is 12.8. The molecule has 2 saturated heterocycles. The summed E-state index contributed by atoms with van der Waals surface area (Å²) in [7, 11) is 0. The third kappa shape index (κ3) is 3.36. The first-order valence-electron chi connectivity index (χ1n) is 14.8. The van der Waals surface area contributed by atoms with Crippen LogP contribution >= 0.6 is 0 Å². The molecule has 6 aliphatic rings. The second-order valence-electron chi connectivity index (χ2n) is 14.1. The lowest BCUT2D eigenvalue weighted by Crippen LogP contribution is -2.60. The van der Waals surface area contributed by atoms with Gasteiger partial charge in [0, 0.05) is 32.7 Å². The van der Waals surface area contributed by atoms with E-state index in [9.17, 15) is 9.59 Å². The van der Waals surface area contributed by atoms with Crippen molar-refractivity contribution in [3.8, 4) is 0 Å². The fourth-order valence-electron chi connectivity index (χ4n) is 10.8. The van der Waals surface area contributed by atoms with Gasteiger partial charge in [-0.15, -0.1) is 0 Å². The van der Waals surface area contributed by atoms with Crippen molar-refractivity contribution in [2.75, 3.05) is 6.54 Å². The van der Waals surface area contributed by atoms with Gasteiger partial charge in [0.1, 0.15) is 11.8 Å². The highest BCUT2D eigenvalue weighted by atomic mass is 16.5. The van der Waals surface area contributed by atoms with E-state index < -0.39 is 0 Å². The highest BCUT2D eigenvalue weighted by molar-refractivity contribution is 5.74. The molecular weight excluding hydrogens is 450 g/mol. The zero-order chi connectivity index (χ0) is 25.6. The van der Waals surface area contributed by atoms with Gasteiger partial charge in [-0.05, 0) is 91.8 Å². The molecule has 6 rings (SSSR count). The molecule has 200 valence electrons. The molecule has 36 heavy (non-hydrogen) atoms. The smallest absolute Gasteiger partial charge is 0.302 e. The van der Waals surface area contributed by atoms with Crippen molar-refractivity contribution in [1.29, 1.82) is 0 Å². The van der Waals surface area contributed by atoms with E-state index >= 15 is 0 Å². The molecule has 0 aromatic heterocycles. The number of esters is 1. The van der Waals surface area contributed by atoms with E-state index in [1.807, 2.05) is 0 Å². The SMILES string of the molecule is CC(=O)O[C@@H]1CC[C@@]2(C)C(=CC[C@@H]3[C@H]4C[C@@H]5O[C@]6(CC[C@H](C)CN6C(C)=O)[C@H](C)[C@H]5[C@@]4(C)CC[C@H]32)C1. The van der Waals surface area contributed by atoms with Gasteiger partial charge >= 0.3 is 5.97 Å². The van der Waals surface area contributed by atoms with Crippen LogP contribution in [0.3, 0.4) is 0 Å². The van der Waals surface area contributed by atoms with Gasteiger partial charge in [0.15, 0.2) is 0 Å². The summed E-state index contributed by atoms with van der Waals surface area (Å²) in [6, 6.07) is 0. The van der Waals surface area contributed by atoms with E-state index in [-0.39, 0.29) is 40.6 Å². The Labute approximate surface area is 217 Å². The number of nitrogens with zero attached hydrogens (tertiary/aromatic N) is 1. The Morgan fingerprint density at radius 1 is 1.06 bits per heavy atom. The second-order valence-corrected chi connectivity index (χ2v) is 14.1. The van der Waals surface area contributed by atoms with Crippen LogP contribution in [0.5, 0.6) is 0 Å². The lowest BCUT2D eigenvalue weighted by Gasteiger charge is -2.59. The molecule has 1 amide bonds. The minimum atomic E-state index is -0.390. The highest BCUT2D eigenvalue weighted by Crippen LogP contribution is 2.70. The molecule has 2 heterocycles. The third-order valence-corrected chi connectivity index (χ3v) is 12.4. The van der Waals surface area contributed by atoms with Crippen LogP contribution < -0.4 is 0 Å². The molecule has 0 bridgehead atoms. The van der Waals surface area contributed by atoms with Crippen LogP contribution in [0.1, 0.15) is 99.3 Å². The van der Waals surface area contributed by atoms with E-state index in [0.29, 0.717) is 23.7 Å². The van der Waals surface area contributed by atoms with Crippen molar-refractivity contribution >= 4 is 11.9 Å². The van der Waals surface area contributed by atoms with Crippen molar-refractivity contribution < 1.29 is 19.1 Å². The van der Waals surface area contributed by atoms with Crippen LogP contribution in [-0.2, 0) is 19.1 Å². The van der Waals surface area contributed by atoms with Gasteiger partial charge in [0.05, 0.1) is 6.10 Å². The van der Waals surface area contributed by atoms with Crippen LogP contribution in [0.15, 0.2) is 11.6 Å². The number of amides is 1. The minimum absolute atomic E-state index is 0.0611. The van der Waals surface area contributed by atoms with Crippen molar-refractivity contribution in [2.24, 2.45) is 46.3 Å². The number of piperidine rings is 1. The summed E-state index contributed by atoms with van der Waals surface area (Å²) >= 11 is 0. The first kappa shape index (κ1) is 24.9. The summed E-state index contributed by atoms with van der Waals surface area (Å²) in [6.07, 6.45) is 13.0. The fraction of sp³-hybridized carbons (Fsp3) is 0.871. The van der Waals surface area contributed by atoms with E-state index in [1.165, 1.54) is 26.2 Å². The summed E-state index contributed by atoms with van der Waals surface area (Å²) in [6.45, 7) is 13.9. The molecule has 0 radical (unpaired) electrons. The standard InChI is InChI=1S/C31H47NO4/c1-18-9-14-31(32(17-18)20(3)33)19(2)28-27(36-31)16-26-24-8-7-22-15-23(35-21(4)34)10-12-29(22,5)25(24)11-13-30(26,28)6/h7,18-19,23-28H,8-17H2,1-6H3/t18-,19+,23+,24-,25+,26+,27-,28+,29-,30-,31+/m0/s1. The summed E-state index contributed by atoms with van der Waals surface area (Å²) in [5, 5.41) is 0. The molecule has 11 atom stereocenters. The van der Waals surface area contributed by atoms with E-state index in [4.69, 9.17) is 9.47 Å². The Hall–Kier alpha value is -1.36. The number of hydrogen-bond donors (Lipinski definition) is 0. The molecule has 5 nitrogen and oxygen atoms in total. The molecule has 0 aromatic carbocycles. The Bertz CT molecular complexity index is 976. The predicted molar refractivity (Wildman–Crippen MR) is 139 cm³/mol. The number of rotatable bonds is 1. The lowest BCUT2D eigenvalue weighted by molar-refractivity contribution is -0.200.